The summed E-state index contributed by atoms with van der Waals surface area (Å²) in [5.74, 6) is -1.57. The molecule has 1 unspecified atom stereocenters. The van der Waals surface area contributed by atoms with Crippen molar-refractivity contribution in [3.05, 3.63) is 46.7 Å². The molecule has 0 bridgehead atoms. The summed E-state index contributed by atoms with van der Waals surface area (Å²) in [6.07, 6.45) is 2.00. The zero-order valence-electron chi connectivity index (χ0n) is 9.75. The van der Waals surface area contributed by atoms with Crippen molar-refractivity contribution in [1.82, 2.24) is 15.0 Å². The van der Waals surface area contributed by atoms with E-state index in [2.05, 4.69) is 10.3 Å². The van der Waals surface area contributed by atoms with Gasteiger partial charge in [0, 0.05) is 24.7 Å². The van der Waals surface area contributed by atoms with Gasteiger partial charge in [0.2, 0.25) is 0 Å². The van der Waals surface area contributed by atoms with E-state index in [0.717, 1.165) is 0 Å². The molecule has 0 fully saturated rings. The summed E-state index contributed by atoms with van der Waals surface area (Å²) in [5, 5.41) is 17.5. The lowest BCUT2D eigenvalue weighted by Crippen LogP contribution is -2.14. The second-order valence-corrected chi connectivity index (χ2v) is 4.47. The molecule has 0 aliphatic carbocycles. The summed E-state index contributed by atoms with van der Waals surface area (Å²) in [6, 6.07) is 6.87. The van der Waals surface area contributed by atoms with Gasteiger partial charge in [-0.25, -0.2) is 0 Å². The maximum absolute atomic E-state index is 11.3. The number of hydrogen-bond acceptors (Lipinski definition) is 3. The van der Waals surface area contributed by atoms with E-state index in [-0.39, 0.29) is 0 Å². The van der Waals surface area contributed by atoms with Crippen LogP contribution >= 0.6 is 11.6 Å². The molecule has 94 valence electrons. The minimum Gasteiger partial charge on any atom is -0.481 e. The van der Waals surface area contributed by atoms with E-state index in [0.29, 0.717) is 22.7 Å². The predicted octanol–water partition coefficient (Wildman–Crippen LogP) is 1.88. The van der Waals surface area contributed by atoms with Gasteiger partial charge in [-0.3, -0.25) is 9.48 Å². The first-order chi connectivity index (χ1) is 8.56. The van der Waals surface area contributed by atoms with Crippen molar-refractivity contribution in [3.8, 4) is 0 Å². The Balaban J connectivity index is 2.26. The molecule has 0 saturated carbocycles. The maximum atomic E-state index is 11.3. The fraction of sp³-hybridized carbons (Fsp3) is 0.250. The van der Waals surface area contributed by atoms with Crippen LogP contribution in [0.3, 0.4) is 0 Å². The third-order valence-corrected chi connectivity index (χ3v) is 2.85. The Hall–Kier alpha value is -1.88. The number of aromatic nitrogens is 3. The molecule has 1 aromatic carbocycles. The van der Waals surface area contributed by atoms with E-state index in [1.54, 1.807) is 42.2 Å². The maximum Gasteiger partial charge on any atom is 0.311 e. The van der Waals surface area contributed by atoms with Crippen LogP contribution in [-0.4, -0.2) is 26.1 Å². The molecule has 2 rings (SSSR count). The van der Waals surface area contributed by atoms with E-state index in [4.69, 9.17) is 11.6 Å². The second-order valence-electron chi connectivity index (χ2n) is 4.03. The van der Waals surface area contributed by atoms with Crippen LogP contribution in [0.1, 0.15) is 17.2 Å². The Kier molecular flexibility index (Phi) is 3.62. The Morgan fingerprint density at radius 1 is 1.56 bits per heavy atom. The molecule has 0 spiro atoms. The predicted molar refractivity (Wildman–Crippen MR) is 66.5 cm³/mol. The highest BCUT2D eigenvalue weighted by Crippen LogP contribution is 2.23. The Morgan fingerprint density at radius 3 is 2.89 bits per heavy atom. The van der Waals surface area contributed by atoms with Gasteiger partial charge in [0.05, 0.1) is 11.6 Å². The van der Waals surface area contributed by atoms with E-state index >= 15 is 0 Å². The lowest BCUT2D eigenvalue weighted by molar-refractivity contribution is -0.138. The number of aryl methyl sites for hydroxylation is 1. The molecular weight excluding hydrogens is 254 g/mol. The van der Waals surface area contributed by atoms with Crippen LogP contribution in [0.5, 0.6) is 0 Å². The summed E-state index contributed by atoms with van der Waals surface area (Å²) >= 11 is 5.88. The van der Waals surface area contributed by atoms with Gasteiger partial charge in [-0.2, -0.15) is 0 Å². The van der Waals surface area contributed by atoms with Gasteiger partial charge in [-0.1, -0.05) is 28.9 Å². The van der Waals surface area contributed by atoms with Crippen LogP contribution in [0.25, 0.3) is 0 Å². The van der Waals surface area contributed by atoms with E-state index in [1.807, 2.05) is 0 Å². The number of hydrogen-bond donors (Lipinski definition) is 1. The molecule has 2 aromatic rings. The van der Waals surface area contributed by atoms with Crippen molar-refractivity contribution in [1.29, 1.82) is 0 Å². The molecule has 5 nitrogen and oxygen atoms in total. The average molecular weight is 266 g/mol. The molecule has 0 saturated heterocycles. The zero-order valence-corrected chi connectivity index (χ0v) is 10.5. The van der Waals surface area contributed by atoms with Crippen molar-refractivity contribution in [2.75, 3.05) is 0 Å². The first kappa shape index (κ1) is 12.6. The molecule has 6 heteroatoms. The number of aliphatic carboxylic acids is 1. The molecule has 0 radical (unpaired) electrons. The molecule has 0 aliphatic rings. The minimum absolute atomic E-state index is 0.295. The van der Waals surface area contributed by atoms with Crippen molar-refractivity contribution in [2.45, 2.75) is 12.3 Å². The van der Waals surface area contributed by atoms with E-state index in [1.165, 1.54) is 0 Å². The van der Waals surface area contributed by atoms with Crippen LogP contribution in [0.15, 0.2) is 30.5 Å². The molecule has 1 aromatic heterocycles. The quantitative estimate of drug-likeness (QED) is 0.916. The van der Waals surface area contributed by atoms with Crippen molar-refractivity contribution in [2.24, 2.45) is 7.05 Å². The fourth-order valence-corrected chi connectivity index (χ4v) is 1.97. The Labute approximate surface area is 109 Å². The van der Waals surface area contributed by atoms with Crippen molar-refractivity contribution in [3.63, 3.8) is 0 Å². The number of carboxylic acids is 1. The average Bonchev–Trinajstić information content (AvgIpc) is 2.71. The second kappa shape index (κ2) is 5.18. The first-order valence-corrected chi connectivity index (χ1v) is 5.77. The summed E-state index contributed by atoms with van der Waals surface area (Å²) in [4.78, 5) is 11.3. The van der Waals surface area contributed by atoms with Crippen molar-refractivity contribution >= 4 is 17.6 Å². The number of carbonyl (C=O) groups is 1. The highest BCUT2D eigenvalue weighted by atomic mass is 35.5. The molecule has 1 heterocycles. The number of carboxylic acid groups (broad SMARTS) is 1. The van der Waals surface area contributed by atoms with E-state index in [9.17, 15) is 9.90 Å². The topological polar surface area (TPSA) is 68.0 Å². The van der Waals surface area contributed by atoms with Gasteiger partial charge in [0.15, 0.2) is 0 Å². The Morgan fingerprint density at radius 2 is 2.33 bits per heavy atom. The number of halogens is 1. The van der Waals surface area contributed by atoms with Crippen LogP contribution in [0.2, 0.25) is 5.02 Å². The number of benzene rings is 1. The van der Waals surface area contributed by atoms with Crippen LogP contribution in [-0.2, 0) is 18.3 Å². The van der Waals surface area contributed by atoms with Gasteiger partial charge in [0.1, 0.15) is 0 Å². The van der Waals surface area contributed by atoms with Crippen LogP contribution in [0, 0.1) is 0 Å². The molecule has 0 aliphatic heterocycles. The molecule has 0 amide bonds. The standard InChI is InChI=1S/C12H12ClN3O2/c1-16-7-10(14-15-16)6-11(12(17)18)8-3-2-4-9(13)5-8/h2-5,7,11H,6H2,1H3,(H,17,18). The number of nitrogens with zero attached hydrogens (tertiary/aromatic N) is 3. The Bertz CT molecular complexity index is 568. The third-order valence-electron chi connectivity index (χ3n) is 2.61. The third kappa shape index (κ3) is 2.87. The van der Waals surface area contributed by atoms with Crippen molar-refractivity contribution < 1.29 is 9.90 Å². The molecule has 1 N–H and O–H groups in total. The summed E-state index contributed by atoms with van der Waals surface area (Å²) in [5.41, 5.74) is 1.31. The minimum atomic E-state index is -0.900. The summed E-state index contributed by atoms with van der Waals surface area (Å²) in [7, 11) is 1.74. The zero-order chi connectivity index (χ0) is 13.1. The van der Waals surface area contributed by atoms with Gasteiger partial charge in [-0.05, 0) is 17.7 Å². The van der Waals surface area contributed by atoms with E-state index < -0.39 is 11.9 Å². The van der Waals surface area contributed by atoms with Gasteiger partial charge in [0.25, 0.3) is 0 Å². The fourth-order valence-electron chi connectivity index (χ4n) is 1.77. The lowest BCUT2D eigenvalue weighted by Gasteiger charge is -2.11. The van der Waals surface area contributed by atoms with Gasteiger partial charge in [-0.15, -0.1) is 5.10 Å². The molecular formula is C12H12ClN3O2. The number of rotatable bonds is 4. The monoisotopic (exact) mass is 265 g/mol. The normalized spacial score (nSPS) is 12.3. The molecule has 18 heavy (non-hydrogen) atoms. The van der Waals surface area contributed by atoms with Gasteiger partial charge >= 0.3 is 5.97 Å². The highest BCUT2D eigenvalue weighted by molar-refractivity contribution is 6.30. The summed E-state index contributed by atoms with van der Waals surface area (Å²) in [6.45, 7) is 0. The lowest BCUT2D eigenvalue weighted by atomic mass is 9.95. The largest absolute Gasteiger partial charge is 0.481 e. The van der Waals surface area contributed by atoms with Gasteiger partial charge < -0.3 is 5.11 Å². The smallest absolute Gasteiger partial charge is 0.311 e. The first-order valence-electron chi connectivity index (χ1n) is 5.39. The SMILES string of the molecule is Cn1cc(CC(C(=O)O)c2cccc(Cl)c2)nn1. The molecule has 1 atom stereocenters. The van der Waals surface area contributed by atoms with Crippen LogP contribution < -0.4 is 0 Å². The summed E-state index contributed by atoms with van der Waals surface area (Å²) < 4.78 is 1.55. The van der Waals surface area contributed by atoms with Crippen LogP contribution in [0.4, 0.5) is 0 Å². The highest BCUT2D eigenvalue weighted by Gasteiger charge is 2.21.